The first-order chi connectivity index (χ1) is 11.1. The van der Waals surface area contributed by atoms with E-state index < -0.39 is 5.91 Å². The molecular weight excluding hydrogens is 294 g/mol. The van der Waals surface area contributed by atoms with Gasteiger partial charge in [-0.05, 0) is 26.0 Å². The van der Waals surface area contributed by atoms with Gasteiger partial charge in [0.25, 0.3) is 11.5 Å². The third kappa shape index (κ3) is 2.76. The Labute approximate surface area is 131 Å². The first kappa shape index (κ1) is 14.7. The number of amides is 1. The number of carbonyl (C=O) groups excluding carboxylic acids is 1. The molecule has 1 aromatic carbocycles. The summed E-state index contributed by atoms with van der Waals surface area (Å²) >= 11 is 0. The summed E-state index contributed by atoms with van der Waals surface area (Å²) < 4.78 is 2.64. The number of aromatic nitrogens is 4. The molecular formula is C16H15N5O2. The van der Waals surface area contributed by atoms with Crippen molar-refractivity contribution >= 4 is 16.9 Å². The van der Waals surface area contributed by atoms with Gasteiger partial charge in [-0.2, -0.15) is 5.10 Å². The number of hydrogen-bond donors (Lipinski definition) is 1. The van der Waals surface area contributed by atoms with Crippen LogP contribution in [0.2, 0.25) is 0 Å². The molecule has 0 bridgehead atoms. The third-order valence-electron chi connectivity index (χ3n) is 3.32. The lowest BCUT2D eigenvalue weighted by Crippen LogP contribution is -2.32. The van der Waals surface area contributed by atoms with Crippen LogP contribution < -0.4 is 11.0 Å². The summed E-state index contributed by atoms with van der Waals surface area (Å²) in [4.78, 5) is 28.2. The Kier molecular flexibility index (Phi) is 3.76. The average Bonchev–Trinajstić information content (AvgIpc) is 2.96. The molecule has 3 aromatic rings. The molecule has 2 heterocycles. The van der Waals surface area contributed by atoms with Crippen molar-refractivity contribution in [2.45, 2.75) is 13.8 Å². The number of aryl methyl sites for hydroxylation is 1. The van der Waals surface area contributed by atoms with Gasteiger partial charge in [0.2, 0.25) is 0 Å². The van der Waals surface area contributed by atoms with E-state index in [-0.39, 0.29) is 5.56 Å². The van der Waals surface area contributed by atoms with Crippen LogP contribution in [0.1, 0.15) is 12.5 Å². The standard InChI is InChI=1S/C16H15N5O2/c1-3-4-14(22)19-20-10-17-15-13(16(20)23)9-18-21(15)12-7-5-11(2)6-8-12/h3-10H,1-2H3,(H,19,22). The Bertz CT molecular complexity index is 951. The van der Waals surface area contributed by atoms with Gasteiger partial charge in [0.05, 0.1) is 11.9 Å². The van der Waals surface area contributed by atoms with Crippen molar-refractivity contribution in [3.05, 3.63) is 64.9 Å². The van der Waals surface area contributed by atoms with Gasteiger partial charge in [-0.15, -0.1) is 0 Å². The Hall–Kier alpha value is -3.22. The molecule has 0 radical (unpaired) electrons. The van der Waals surface area contributed by atoms with Crippen LogP contribution in [0.3, 0.4) is 0 Å². The van der Waals surface area contributed by atoms with Gasteiger partial charge in [-0.25, -0.2) is 14.3 Å². The number of rotatable bonds is 3. The highest BCUT2D eigenvalue weighted by molar-refractivity contribution is 5.94. The first-order valence-corrected chi connectivity index (χ1v) is 7.06. The Morgan fingerprint density at radius 1 is 1.26 bits per heavy atom. The van der Waals surface area contributed by atoms with Crippen LogP contribution in [0.15, 0.2) is 53.7 Å². The summed E-state index contributed by atoms with van der Waals surface area (Å²) in [5.41, 5.74) is 4.44. The normalized spacial score (nSPS) is 11.2. The summed E-state index contributed by atoms with van der Waals surface area (Å²) in [5.74, 6) is -0.401. The van der Waals surface area contributed by atoms with Crippen molar-refractivity contribution in [2.75, 3.05) is 5.43 Å². The van der Waals surface area contributed by atoms with Gasteiger partial charge in [0.1, 0.15) is 11.7 Å². The fourth-order valence-corrected chi connectivity index (χ4v) is 2.17. The molecule has 116 valence electrons. The maximum absolute atomic E-state index is 12.4. The van der Waals surface area contributed by atoms with Crippen molar-refractivity contribution < 1.29 is 4.79 Å². The predicted molar refractivity (Wildman–Crippen MR) is 87.0 cm³/mol. The second-order valence-corrected chi connectivity index (χ2v) is 5.02. The van der Waals surface area contributed by atoms with Crippen LogP contribution in [0, 0.1) is 6.92 Å². The van der Waals surface area contributed by atoms with Gasteiger partial charge >= 0.3 is 0 Å². The minimum absolute atomic E-state index is 0.328. The zero-order valence-corrected chi connectivity index (χ0v) is 12.7. The van der Waals surface area contributed by atoms with E-state index in [0.717, 1.165) is 15.9 Å². The van der Waals surface area contributed by atoms with E-state index in [1.807, 2.05) is 31.2 Å². The number of hydrogen-bond acceptors (Lipinski definition) is 4. The van der Waals surface area contributed by atoms with Crippen LogP contribution in [-0.4, -0.2) is 25.3 Å². The number of carbonyl (C=O) groups is 1. The summed E-state index contributed by atoms with van der Waals surface area (Å²) in [6.45, 7) is 3.71. The Morgan fingerprint density at radius 3 is 2.70 bits per heavy atom. The molecule has 0 unspecified atom stereocenters. The van der Waals surface area contributed by atoms with E-state index in [1.165, 1.54) is 18.6 Å². The molecule has 0 aliphatic rings. The number of nitrogens with zero attached hydrogens (tertiary/aromatic N) is 4. The monoisotopic (exact) mass is 309 g/mol. The van der Waals surface area contributed by atoms with E-state index in [9.17, 15) is 9.59 Å². The molecule has 0 saturated heterocycles. The second-order valence-electron chi connectivity index (χ2n) is 5.02. The highest BCUT2D eigenvalue weighted by atomic mass is 16.2. The van der Waals surface area contributed by atoms with Gasteiger partial charge in [-0.3, -0.25) is 15.0 Å². The fraction of sp³-hybridized carbons (Fsp3) is 0.125. The zero-order valence-electron chi connectivity index (χ0n) is 12.7. The molecule has 1 N–H and O–H groups in total. The SMILES string of the molecule is CC=CC(=O)Nn1cnc2c(cnn2-c2ccc(C)cc2)c1=O. The van der Waals surface area contributed by atoms with E-state index in [2.05, 4.69) is 15.5 Å². The van der Waals surface area contributed by atoms with Crippen molar-refractivity contribution in [3.63, 3.8) is 0 Å². The Balaban J connectivity index is 2.06. The van der Waals surface area contributed by atoms with E-state index in [0.29, 0.717) is 11.0 Å². The van der Waals surface area contributed by atoms with E-state index in [4.69, 9.17) is 0 Å². The highest BCUT2D eigenvalue weighted by Crippen LogP contribution is 2.13. The largest absolute Gasteiger partial charge is 0.283 e. The quantitative estimate of drug-likeness (QED) is 0.744. The van der Waals surface area contributed by atoms with Crippen LogP contribution in [0.4, 0.5) is 0 Å². The highest BCUT2D eigenvalue weighted by Gasteiger charge is 2.12. The van der Waals surface area contributed by atoms with Crippen LogP contribution in [-0.2, 0) is 4.79 Å². The summed E-state index contributed by atoms with van der Waals surface area (Å²) in [7, 11) is 0. The van der Waals surface area contributed by atoms with Gasteiger partial charge < -0.3 is 0 Å². The van der Waals surface area contributed by atoms with Crippen molar-refractivity contribution in [1.29, 1.82) is 0 Å². The van der Waals surface area contributed by atoms with Crippen molar-refractivity contribution in [2.24, 2.45) is 0 Å². The van der Waals surface area contributed by atoms with E-state index in [1.54, 1.807) is 17.7 Å². The fourth-order valence-electron chi connectivity index (χ4n) is 2.17. The number of benzene rings is 1. The van der Waals surface area contributed by atoms with Gasteiger partial charge in [0, 0.05) is 6.08 Å². The lowest BCUT2D eigenvalue weighted by atomic mass is 10.2. The third-order valence-corrected chi connectivity index (χ3v) is 3.32. The molecule has 3 rings (SSSR count). The number of fused-ring (bicyclic) bond motifs is 1. The van der Waals surface area contributed by atoms with Crippen LogP contribution in [0.5, 0.6) is 0 Å². The zero-order chi connectivity index (χ0) is 16.4. The maximum atomic E-state index is 12.4. The molecule has 0 spiro atoms. The lowest BCUT2D eigenvalue weighted by molar-refractivity contribution is -0.112. The second kappa shape index (κ2) is 5.88. The van der Waals surface area contributed by atoms with Gasteiger partial charge in [-0.1, -0.05) is 23.8 Å². The predicted octanol–water partition coefficient (Wildman–Crippen LogP) is 1.54. The molecule has 7 heteroatoms. The molecule has 2 aromatic heterocycles. The maximum Gasteiger partial charge on any atom is 0.283 e. The van der Waals surface area contributed by atoms with Crippen molar-refractivity contribution in [1.82, 2.24) is 19.4 Å². The molecule has 0 aliphatic carbocycles. The number of allylic oxidation sites excluding steroid dienone is 1. The molecule has 7 nitrogen and oxygen atoms in total. The first-order valence-electron chi connectivity index (χ1n) is 7.06. The summed E-state index contributed by atoms with van der Waals surface area (Å²) in [6.07, 6.45) is 5.63. The minimum Gasteiger partial charge on any atom is -0.268 e. The summed E-state index contributed by atoms with van der Waals surface area (Å²) in [6, 6.07) is 7.73. The number of nitrogens with one attached hydrogen (secondary N) is 1. The molecule has 0 fully saturated rings. The van der Waals surface area contributed by atoms with Crippen molar-refractivity contribution in [3.8, 4) is 5.69 Å². The van der Waals surface area contributed by atoms with Crippen LogP contribution >= 0.6 is 0 Å². The van der Waals surface area contributed by atoms with Gasteiger partial charge in [0.15, 0.2) is 5.65 Å². The lowest BCUT2D eigenvalue weighted by Gasteiger charge is -2.06. The molecule has 0 saturated carbocycles. The smallest absolute Gasteiger partial charge is 0.268 e. The molecule has 1 amide bonds. The molecule has 0 aliphatic heterocycles. The molecule has 0 atom stereocenters. The van der Waals surface area contributed by atoms with E-state index >= 15 is 0 Å². The molecule has 23 heavy (non-hydrogen) atoms. The van der Waals surface area contributed by atoms with Crippen LogP contribution in [0.25, 0.3) is 16.7 Å². The Morgan fingerprint density at radius 2 is 2.00 bits per heavy atom. The minimum atomic E-state index is -0.401. The topological polar surface area (TPSA) is 81.8 Å². The average molecular weight is 309 g/mol. The summed E-state index contributed by atoms with van der Waals surface area (Å²) in [5, 5.41) is 4.55.